The molecule has 0 amide bonds. The lowest BCUT2D eigenvalue weighted by atomic mass is 9.70. The standard InChI is InChI=1S/C58H48O4S2/c1-57(2)44-34-35-58(57,55(59)38-44)39-63(60,61)62-64(45-24-5-3-6-25-45,46-26-7-4-8-27-46)56-53(51-32-16-22-41-19-10-13-29-48(41)51)36-43(50-31-15-21-40-18-9-12-28-47(40)50)37-54(56)52-33-17-23-42-20-11-14-30-49(42)52/h3-33,36-37,44H,34-35,38-39H2,1-2H3. The molecule has 2 unspecified atom stereocenters. The molecule has 2 fully saturated rings. The molecule has 11 rings (SSSR count). The van der Waals surface area contributed by atoms with E-state index in [1.54, 1.807) is 0 Å². The largest absolute Gasteiger partial charge is 0.299 e. The summed E-state index contributed by atoms with van der Waals surface area (Å²) >= 11 is 0. The minimum absolute atomic E-state index is 0.0354. The summed E-state index contributed by atoms with van der Waals surface area (Å²) in [5.41, 5.74) is 4.22. The average molecular weight is 873 g/mol. The Morgan fingerprint density at radius 1 is 0.516 bits per heavy atom. The molecule has 2 saturated carbocycles. The molecule has 0 saturated heterocycles. The monoisotopic (exact) mass is 872 g/mol. The molecule has 2 atom stereocenters. The predicted octanol–water partition coefficient (Wildman–Crippen LogP) is 15.1. The van der Waals surface area contributed by atoms with Crippen molar-refractivity contribution < 1.29 is 16.8 Å². The molecule has 0 aromatic heterocycles. The van der Waals surface area contributed by atoms with E-state index in [1.165, 1.54) is 0 Å². The molecule has 2 aliphatic carbocycles. The fourth-order valence-corrected chi connectivity index (χ4v) is 17.6. The highest BCUT2D eigenvalue weighted by Crippen LogP contribution is 2.75. The van der Waals surface area contributed by atoms with Crippen molar-refractivity contribution in [3.05, 3.63) is 200 Å². The van der Waals surface area contributed by atoms with Gasteiger partial charge in [0.2, 0.25) is 0 Å². The van der Waals surface area contributed by atoms with Gasteiger partial charge in [-0.05, 0) is 137 Å². The third-order valence-corrected chi connectivity index (χ3v) is 19.9. The van der Waals surface area contributed by atoms with Gasteiger partial charge in [0.25, 0.3) is 10.1 Å². The first kappa shape index (κ1) is 40.5. The topological polar surface area (TPSA) is 60.4 Å². The Hall–Kier alpha value is -6.31. The molecule has 64 heavy (non-hydrogen) atoms. The molecule has 0 radical (unpaired) electrons. The van der Waals surface area contributed by atoms with E-state index >= 15 is 8.42 Å². The van der Waals surface area contributed by atoms with Crippen molar-refractivity contribution >= 4 is 58.5 Å². The second kappa shape index (κ2) is 15.4. The number of carbonyl (C=O) groups excluding carboxylic acids is 1. The number of hydrogen-bond donors (Lipinski definition) is 0. The molecule has 9 aromatic carbocycles. The van der Waals surface area contributed by atoms with Crippen molar-refractivity contribution in [2.24, 2.45) is 16.7 Å². The van der Waals surface area contributed by atoms with Crippen molar-refractivity contribution in [1.29, 1.82) is 0 Å². The molecule has 0 spiro atoms. The SMILES string of the molecule is CC1(C)C2CCC1(CS(=O)(=O)OS(c1ccccc1)(c1ccccc1)c1c(-c3cccc4ccccc34)cc(-c3cccc4ccccc34)cc1-c1cccc3ccccc13)C(=O)C2. The molecule has 6 heteroatoms. The number of carbonyl (C=O) groups is 1. The lowest BCUT2D eigenvalue weighted by molar-refractivity contribution is -0.128. The van der Waals surface area contributed by atoms with Crippen molar-refractivity contribution in [1.82, 2.24) is 0 Å². The van der Waals surface area contributed by atoms with Crippen molar-refractivity contribution in [3.8, 4) is 33.4 Å². The van der Waals surface area contributed by atoms with Crippen LogP contribution in [0.3, 0.4) is 0 Å². The second-order valence-electron chi connectivity index (χ2n) is 18.1. The zero-order valence-corrected chi connectivity index (χ0v) is 37.5. The van der Waals surface area contributed by atoms with Gasteiger partial charge >= 0.3 is 0 Å². The molecule has 9 aromatic rings. The van der Waals surface area contributed by atoms with E-state index in [-0.39, 0.29) is 17.5 Å². The summed E-state index contributed by atoms with van der Waals surface area (Å²) in [7, 11) is -7.72. The highest BCUT2D eigenvalue weighted by Gasteiger charge is 2.66. The van der Waals surface area contributed by atoms with Gasteiger partial charge in [-0.2, -0.15) is 8.42 Å². The van der Waals surface area contributed by atoms with Gasteiger partial charge in [-0.3, -0.25) is 4.79 Å². The van der Waals surface area contributed by atoms with Crippen LogP contribution in [-0.4, -0.2) is 20.0 Å². The van der Waals surface area contributed by atoms with Crippen LogP contribution >= 0.6 is 10.3 Å². The fraction of sp³-hybridized carbons (Fsp3) is 0.155. The van der Waals surface area contributed by atoms with E-state index in [9.17, 15) is 4.79 Å². The summed E-state index contributed by atoms with van der Waals surface area (Å²) in [6.45, 7) is 4.17. The Morgan fingerprint density at radius 3 is 1.39 bits per heavy atom. The van der Waals surface area contributed by atoms with Crippen LogP contribution in [-0.2, 0) is 18.5 Å². The maximum atomic E-state index is 15.7. The number of hydrogen-bond acceptors (Lipinski definition) is 4. The lowest BCUT2D eigenvalue weighted by Gasteiger charge is -2.44. The smallest absolute Gasteiger partial charge is 0.278 e. The van der Waals surface area contributed by atoms with Gasteiger partial charge in [-0.15, -0.1) is 0 Å². The van der Waals surface area contributed by atoms with Gasteiger partial charge in [-0.25, -0.2) is 3.63 Å². The van der Waals surface area contributed by atoms with Gasteiger partial charge in [-0.1, -0.05) is 178 Å². The van der Waals surface area contributed by atoms with Gasteiger partial charge in [0.1, 0.15) is 5.78 Å². The van der Waals surface area contributed by atoms with Crippen LogP contribution in [0, 0.1) is 16.7 Å². The van der Waals surface area contributed by atoms with Crippen LogP contribution in [0.2, 0.25) is 0 Å². The number of Topliss-reactive ketones (excluding diaryl/α,β-unsaturated/α-hetero) is 1. The summed E-state index contributed by atoms with van der Waals surface area (Å²) in [5.74, 6) is -0.195. The Morgan fingerprint density at radius 2 is 0.938 bits per heavy atom. The highest BCUT2D eigenvalue weighted by molar-refractivity contribution is 8.33. The van der Waals surface area contributed by atoms with Crippen LogP contribution in [0.25, 0.3) is 65.7 Å². The highest BCUT2D eigenvalue weighted by atomic mass is 32.3. The first-order valence-electron chi connectivity index (χ1n) is 22.1. The normalized spacial score (nSPS) is 18.5. The lowest BCUT2D eigenvalue weighted by Crippen LogP contribution is -2.42. The number of fused-ring (bicyclic) bond motifs is 5. The van der Waals surface area contributed by atoms with Crippen LogP contribution in [0.1, 0.15) is 33.1 Å². The second-order valence-corrected chi connectivity index (χ2v) is 22.5. The molecular formula is C58H48O4S2. The first-order valence-corrected chi connectivity index (χ1v) is 25.3. The predicted molar refractivity (Wildman–Crippen MR) is 264 cm³/mol. The quantitative estimate of drug-likeness (QED) is 0.137. The zero-order valence-electron chi connectivity index (χ0n) is 35.9. The average Bonchev–Trinajstić information content (AvgIpc) is 3.67. The van der Waals surface area contributed by atoms with Crippen molar-refractivity contribution in [3.63, 3.8) is 0 Å². The van der Waals surface area contributed by atoms with Gasteiger partial charge < -0.3 is 0 Å². The molecule has 0 heterocycles. The van der Waals surface area contributed by atoms with E-state index in [0.717, 1.165) is 86.8 Å². The maximum Gasteiger partial charge on any atom is 0.278 e. The molecule has 0 N–H and O–H groups in total. The van der Waals surface area contributed by atoms with Crippen LogP contribution < -0.4 is 0 Å². The van der Waals surface area contributed by atoms with Crippen LogP contribution in [0.15, 0.2) is 215 Å². The van der Waals surface area contributed by atoms with Crippen molar-refractivity contribution in [2.45, 2.75) is 47.8 Å². The zero-order chi connectivity index (χ0) is 43.7. The van der Waals surface area contributed by atoms with Crippen LogP contribution in [0.5, 0.6) is 0 Å². The molecule has 0 aliphatic heterocycles. The Labute approximate surface area is 377 Å². The third kappa shape index (κ3) is 6.37. The summed E-state index contributed by atoms with van der Waals surface area (Å²) in [6.07, 6.45) is 1.77. The summed E-state index contributed by atoms with van der Waals surface area (Å²) in [4.78, 5) is 16.4. The molecule has 2 bridgehead atoms. The summed E-state index contributed by atoms with van der Waals surface area (Å²) in [6, 6.07) is 68.9. The summed E-state index contributed by atoms with van der Waals surface area (Å²) in [5, 5.41) is 6.46. The number of benzene rings is 9. The maximum absolute atomic E-state index is 15.7. The van der Waals surface area contributed by atoms with Gasteiger partial charge in [0.15, 0.2) is 0 Å². The Kier molecular flexibility index (Phi) is 9.77. The fourth-order valence-electron chi connectivity index (χ4n) is 11.2. The third-order valence-electron chi connectivity index (χ3n) is 14.6. The van der Waals surface area contributed by atoms with E-state index < -0.39 is 31.3 Å². The number of ketones is 1. The van der Waals surface area contributed by atoms with Gasteiger partial charge in [0, 0.05) is 21.1 Å². The van der Waals surface area contributed by atoms with Gasteiger partial charge in [0.05, 0.1) is 11.2 Å². The summed E-state index contributed by atoms with van der Waals surface area (Å²) < 4.78 is 38.9. The van der Waals surface area contributed by atoms with E-state index in [2.05, 4.69) is 153 Å². The molecular weight excluding hydrogens is 825 g/mol. The van der Waals surface area contributed by atoms with E-state index in [4.69, 9.17) is 3.63 Å². The van der Waals surface area contributed by atoms with Crippen molar-refractivity contribution in [2.75, 3.05) is 5.75 Å². The Bertz CT molecular complexity index is 3240. The molecule has 2 aliphatic rings. The minimum Gasteiger partial charge on any atom is -0.299 e. The van der Waals surface area contributed by atoms with Crippen LogP contribution in [0.4, 0.5) is 0 Å². The van der Waals surface area contributed by atoms with E-state index in [1.807, 2.05) is 60.7 Å². The number of rotatable bonds is 10. The first-order chi connectivity index (χ1) is 31.1. The Balaban J connectivity index is 1.33. The molecule has 4 nitrogen and oxygen atoms in total. The minimum atomic E-state index is -4.47. The molecule has 316 valence electrons. The van der Waals surface area contributed by atoms with E-state index in [0.29, 0.717) is 12.8 Å².